The van der Waals surface area contributed by atoms with Gasteiger partial charge in [-0.15, -0.1) is 0 Å². The van der Waals surface area contributed by atoms with Gasteiger partial charge in [-0.1, -0.05) is 0 Å². The minimum atomic E-state index is -1.35. The average molecular weight is 299 g/mol. The van der Waals surface area contributed by atoms with Gasteiger partial charge < -0.3 is 24.8 Å². The first-order valence-corrected chi connectivity index (χ1v) is 8.61. The summed E-state index contributed by atoms with van der Waals surface area (Å²) in [5, 5.41) is 1.60. The molecule has 1 rings (SSSR count). The van der Waals surface area contributed by atoms with Crippen LogP contribution < -0.4 is 29.8 Å². The van der Waals surface area contributed by atoms with Crippen LogP contribution in [0.4, 0.5) is 0 Å². The molecular formula is C10H18Cl2NSiTi. The molecule has 0 aromatic carbocycles. The first-order chi connectivity index (χ1) is 5.93. The fourth-order valence-electron chi connectivity index (χ4n) is 1.89. The van der Waals surface area contributed by atoms with Crippen molar-refractivity contribution in [2.24, 2.45) is 0 Å². The SMILES string of the molecule is CC(C)N[Si](C)(C)C1=[C]([Ti+2])CC=C1.[Cl-].[Cl-]. The molecule has 0 radical (unpaired) electrons. The maximum Gasteiger partial charge on any atom is -1.00 e. The largest absolute Gasteiger partial charge is 1.00 e. The summed E-state index contributed by atoms with van der Waals surface area (Å²) in [5.41, 5.74) is 0. The predicted octanol–water partition coefficient (Wildman–Crippen LogP) is -3.50. The Bertz CT molecular complexity index is 262. The molecule has 5 heteroatoms. The molecule has 1 aliphatic carbocycles. The van der Waals surface area contributed by atoms with Crippen LogP contribution in [0.5, 0.6) is 0 Å². The van der Waals surface area contributed by atoms with Gasteiger partial charge in [0.25, 0.3) is 0 Å². The number of hydrogen-bond donors (Lipinski definition) is 1. The Morgan fingerprint density at radius 1 is 1.33 bits per heavy atom. The molecule has 85 valence electrons. The van der Waals surface area contributed by atoms with Crippen molar-refractivity contribution in [1.29, 1.82) is 0 Å². The standard InChI is InChI=1S/C10H18NSi.2ClH.Ti/c1-9(2)11-12(3,4)10-7-5-6-8-10;;;/h5,7,9,11H,6H2,1-4H3;2*1H;/q;;;+2/p-2. The summed E-state index contributed by atoms with van der Waals surface area (Å²) in [5.74, 6) is 0. The summed E-state index contributed by atoms with van der Waals surface area (Å²) >= 11 is 2.26. The molecular weight excluding hydrogens is 281 g/mol. The van der Waals surface area contributed by atoms with Crippen LogP contribution in [0.1, 0.15) is 20.3 Å². The summed E-state index contributed by atoms with van der Waals surface area (Å²) in [7, 11) is -1.35. The van der Waals surface area contributed by atoms with Crippen molar-refractivity contribution in [2.45, 2.75) is 39.4 Å². The second-order valence-electron chi connectivity index (χ2n) is 4.42. The van der Waals surface area contributed by atoms with Crippen LogP contribution in [0, 0.1) is 0 Å². The molecule has 15 heavy (non-hydrogen) atoms. The van der Waals surface area contributed by atoms with Crippen molar-refractivity contribution in [3.05, 3.63) is 21.2 Å². The fourth-order valence-corrected chi connectivity index (χ4v) is 6.66. The van der Waals surface area contributed by atoms with E-state index >= 15 is 0 Å². The normalized spacial score (nSPS) is 15.4. The van der Waals surface area contributed by atoms with Crippen molar-refractivity contribution in [2.75, 3.05) is 0 Å². The molecule has 0 saturated carbocycles. The third-order valence-electron chi connectivity index (χ3n) is 2.25. The van der Waals surface area contributed by atoms with Crippen LogP contribution in [-0.2, 0) is 20.4 Å². The smallest absolute Gasteiger partial charge is 1.00 e. The topological polar surface area (TPSA) is 12.0 Å². The minimum Gasteiger partial charge on any atom is -1.00 e. The molecule has 0 unspecified atom stereocenters. The Morgan fingerprint density at radius 2 is 1.87 bits per heavy atom. The van der Waals surface area contributed by atoms with E-state index in [1.807, 2.05) is 0 Å². The van der Waals surface area contributed by atoms with Gasteiger partial charge in [0.2, 0.25) is 0 Å². The van der Waals surface area contributed by atoms with Crippen molar-refractivity contribution < 1.29 is 45.2 Å². The molecule has 0 bridgehead atoms. The molecule has 0 aliphatic heterocycles. The van der Waals surface area contributed by atoms with Gasteiger partial charge in [-0.2, -0.15) is 0 Å². The second kappa shape index (κ2) is 7.31. The van der Waals surface area contributed by atoms with Crippen molar-refractivity contribution >= 4 is 8.24 Å². The third-order valence-corrected chi connectivity index (χ3v) is 6.50. The zero-order chi connectivity index (χ0) is 10.1. The molecule has 0 amide bonds. The predicted molar refractivity (Wildman–Crippen MR) is 56.5 cm³/mol. The van der Waals surface area contributed by atoms with Crippen LogP contribution in [0.3, 0.4) is 0 Å². The van der Waals surface area contributed by atoms with E-state index in [0.717, 1.165) is 6.42 Å². The van der Waals surface area contributed by atoms with Crippen LogP contribution in [-0.4, -0.2) is 14.3 Å². The average Bonchev–Trinajstić information content (AvgIpc) is 2.32. The van der Waals surface area contributed by atoms with Gasteiger partial charge in [0, 0.05) is 0 Å². The van der Waals surface area contributed by atoms with E-state index in [1.165, 1.54) is 0 Å². The van der Waals surface area contributed by atoms with Gasteiger partial charge in [-0.25, -0.2) is 0 Å². The van der Waals surface area contributed by atoms with Gasteiger partial charge >= 0.3 is 94.3 Å². The van der Waals surface area contributed by atoms with E-state index in [1.54, 1.807) is 9.07 Å². The molecule has 1 N–H and O–H groups in total. The summed E-state index contributed by atoms with van der Waals surface area (Å²) in [6.45, 7) is 9.23. The van der Waals surface area contributed by atoms with E-state index in [4.69, 9.17) is 0 Å². The molecule has 1 aliphatic rings. The van der Waals surface area contributed by atoms with Gasteiger partial charge in [-0.3, -0.25) is 0 Å². The minimum absolute atomic E-state index is 0. The molecule has 0 fully saturated rings. The Kier molecular flexibility index (Phi) is 8.93. The monoisotopic (exact) mass is 298 g/mol. The molecule has 0 heterocycles. The van der Waals surface area contributed by atoms with Gasteiger partial charge in [0.15, 0.2) is 0 Å². The number of nitrogens with one attached hydrogen (secondary N) is 1. The third kappa shape index (κ3) is 5.20. The Hall–Kier alpha value is 0.951. The van der Waals surface area contributed by atoms with Crippen molar-refractivity contribution in [3.63, 3.8) is 0 Å². The van der Waals surface area contributed by atoms with Crippen LogP contribution >= 0.6 is 0 Å². The molecule has 0 saturated heterocycles. The maximum atomic E-state index is 3.72. The van der Waals surface area contributed by atoms with Crippen LogP contribution in [0.15, 0.2) is 21.2 Å². The van der Waals surface area contributed by atoms with Crippen molar-refractivity contribution in [3.8, 4) is 0 Å². The molecule has 0 spiro atoms. The van der Waals surface area contributed by atoms with Gasteiger partial charge in [0.05, 0.1) is 0 Å². The van der Waals surface area contributed by atoms with Crippen LogP contribution in [0.2, 0.25) is 13.1 Å². The molecule has 0 aromatic heterocycles. The van der Waals surface area contributed by atoms with Gasteiger partial charge in [-0.05, 0) is 0 Å². The van der Waals surface area contributed by atoms with E-state index in [-0.39, 0.29) is 24.8 Å². The number of rotatable bonds is 3. The van der Waals surface area contributed by atoms with Crippen LogP contribution in [0.25, 0.3) is 0 Å². The Morgan fingerprint density at radius 3 is 2.20 bits per heavy atom. The second-order valence-corrected chi connectivity index (χ2v) is 9.44. The van der Waals surface area contributed by atoms with E-state index in [2.05, 4.69) is 64.5 Å². The van der Waals surface area contributed by atoms with Crippen molar-refractivity contribution in [1.82, 2.24) is 4.98 Å². The van der Waals surface area contributed by atoms with Gasteiger partial charge in [0.1, 0.15) is 0 Å². The Balaban J connectivity index is 0. The first-order valence-electron chi connectivity index (χ1n) is 4.83. The first kappa shape index (κ1) is 18.3. The summed E-state index contributed by atoms with van der Waals surface area (Å²) in [4.78, 5) is 3.72. The van der Waals surface area contributed by atoms with E-state index in [0.29, 0.717) is 6.04 Å². The summed E-state index contributed by atoms with van der Waals surface area (Å²) in [6, 6.07) is 0.593. The number of allylic oxidation sites excluding steroid dienone is 4. The van der Waals surface area contributed by atoms with E-state index < -0.39 is 8.24 Å². The zero-order valence-electron chi connectivity index (χ0n) is 9.70. The number of halogens is 2. The quantitative estimate of drug-likeness (QED) is 0.533. The zero-order valence-corrected chi connectivity index (χ0v) is 13.8. The maximum absolute atomic E-state index is 3.72. The summed E-state index contributed by atoms with van der Waals surface area (Å²) < 4.78 is 1.56. The fraction of sp³-hybridized carbons (Fsp3) is 0.600. The molecule has 1 nitrogen and oxygen atoms in total. The Labute approximate surface area is 118 Å². The number of hydrogen-bond acceptors (Lipinski definition) is 1. The summed E-state index contributed by atoms with van der Waals surface area (Å²) in [6.07, 6.45) is 5.75. The van der Waals surface area contributed by atoms with E-state index in [9.17, 15) is 0 Å². The molecule has 0 atom stereocenters. The molecule has 0 aromatic rings.